The van der Waals surface area contributed by atoms with Gasteiger partial charge >= 0.3 is 6.18 Å². The third-order valence-corrected chi connectivity index (χ3v) is 8.61. The van der Waals surface area contributed by atoms with E-state index in [0.717, 1.165) is 34.8 Å². The van der Waals surface area contributed by atoms with Crippen molar-refractivity contribution in [3.8, 4) is 5.69 Å². The summed E-state index contributed by atoms with van der Waals surface area (Å²) in [6.07, 6.45) is -2.00. The lowest BCUT2D eigenvalue weighted by Crippen LogP contribution is -2.51. The third kappa shape index (κ3) is 5.74. The van der Waals surface area contributed by atoms with Crippen LogP contribution in [0.5, 0.6) is 0 Å². The average molecular weight is 580 g/mol. The standard InChI is InChI=1S/C26H29F4N7O2S/c1-17(2)14-34-8-9-35(40(38,39)25-13-31-36(33-25)16-26(28,29)30)15-24(34)22-11-19-12-32-37(23(19)10-18(22)3)21-6-4-20(27)5-7-21/h4-7,10-13,17,24H,8-9,14-16H2,1-3H3. The van der Waals surface area contributed by atoms with Crippen molar-refractivity contribution in [3.05, 3.63) is 65.7 Å². The zero-order chi connectivity index (χ0) is 28.8. The van der Waals surface area contributed by atoms with E-state index >= 15 is 0 Å². The van der Waals surface area contributed by atoms with Crippen LogP contribution in [0.3, 0.4) is 0 Å². The number of nitrogens with zero attached hydrogens (tertiary/aromatic N) is 7. The van der Waals surface area contributed by atoms with E-state index in [1.165, 1.54) is 16.4 Å². The van der Waals surface area contributed by atoms with Crippen LogP contribution in [0, 0.1) is 18.7 Å². The second kappa shape index (κ2) is 10.6. The molecule has 0 saturated carbocycles. The monoisotopic (exact) mass is 579 g/mol. The minimum Gasteiger partial charge on any atom is -0.293 e. The molecule has 1 fully saturated rings. The maximum atomic E-state index is 13.4. The number of aryl methyl sites for hydroxylation is 1. The van der Waals surface area contributed by atoms with Gasteiger partial charge in [0.25, 0.3) is 10.0 Å². The minimum atomic E-state index is -4.58. The van der Waals surface area contributed by atoms with E-state index in [9.17, 15) is 26.0 Å². The summed E-state index contributed by atoms with van der Waals surface area (Å²) in [5.74, 6) is -0.0261. The lowest BCUT2D eigenvalue weighted by atomic mass is 9.96. The van der Waals surface area contributed by atoms with Crippen LogP contribution in [-0.2, 0) is 16.6 Å². The first kappa shape index (κ1) is 28.2. The predicted molar refractivity (Wildman–Crippen MR) is 140 cm³/mol. The smallest absolute Gasteiger partial charge is 0.293 e. The SMILES string of the molecule is Cc1cc2c(cnn2-c2ccc(F)cc2)cc1C1CN(S(=O)(=O)c2cnn(CC(F)(F)F)n2)CCN1CC(C)C. The van der Waals surface area contributed by atoms with E-state index in [0.29, 0.717) is 22.9 Å². The van der Waals surface area contributed by atoms with Gasteiger partial charge in [-0.2, -0.15) is 32.5 Å². The number of piperazine rings is 1. The number of aromatic nitrogens is 5. The van der Waals surface area contributed by atoms with Crippen molar-refractivity contribution in [2.75, 3.05) is 26.2 Å². The van der Waals surface area contributed by atoms with E-state index < -0.39 is 27.8 Å². The number of fused-ring (bicyclic) bond motifs is 1. The first-order valence-corrected chi connectivity index (χ1v) is 14.2. The second-order valence-corrected chi connectivity index (χ2v) is 12.3. The molecule has 0 radical (unpaired) electrons. The minimum absolute atomic E-state index is 0.0969. The molecule has 0 aliphatic carbocycles. The van der Waals surface area contributed by atoms with Crippen LogP contribution < -0.4 is 0 Å². The number of hydrogen-bond donors (Lipinski definition) is 0. The Bertz CT molecular complexity index is 1610. The lowest BCUT2D eigenvalue weighted by Gasteiger charge is -2.42. The molecule has 1 unspecified atom stereocenters. The Hall–Kier alpha value is -3.36. The summed E-state index contributed by atoms with van der Waals surface area (Å²) >= 11 is 0. The molecule has 214 valence electrons. The molecule has 4 aromatic rings. The zero-order valence-corrected chi connectivity index (χ0v) is 23.0. The van der Waals surface area contributed by atoms with Gasteiger partial charge in [0.05, 0.1) is 23.6 Å². The fraction of sp³-hybridized carbons (Fsp3) is 0.423. The normalized spacial score (nSPS) is 17.8. The summed E-state index contributed by atoms with van der Waals surface area (Å²) in [6.45, 7) is 6.07. The van der Waals surface area contributed by atoms with Crippen LogP contribution in [0.2, 0.25) is 0 Å². The van der Waals surface area contributed by atoms with Crippen LogP contribution in [-0.4, -0.2) is 74.8 Å². The molecule has 5 rings (SSSR count). The van der Waals surface area contributed by atoms with Gasteiger partial charge in [0, 0.05) is 37.6 Å². The predicted octanol–water partition coefficient (Wildman–Crippen LogP) is 4.33. The summed E-state index contributed by atoms with van der Waals surface area (Å²) in [7, 11) is -4.18. The third-order valence-electron chi connectivity index (χ3n) is 6.88. The molecule has 2 aromatic carbocycles. The maximum absolute atomic E-state index is 13.4. The molecule has 40 heavy (non-hydrogen) atoms. The van der Waals surface area contributed by atoms with Crippen molar-refractivity contribution in [2.24, 2.45) is 5.92 Å². The fourth-order valence-electron chi connectivity index (χ4n) is 5.11. The van der Waals surface area contributed by atoms with Crippen LogP contribution in [0.25, 0.3) is 16.6 Å². The van der Waals surface area contributed by atoms with Gasteiger partial charge in [0.1, 0.15) is 5.82 Å². The largest absolute Gasteiger partial charge is 0.409 e. The van der Waals surface area contributed by atoms with Gasteiger partial charge in [0.15, 0.2) is 6.54 Å². The Balaban J connectivity index is 1.48. The number of halogens is 4. The Kier molecular flexibility index (Phi) is 7.44. The average Bonchev–Trinajstić information content (AvgIpc) is 3.50. The van der Waals surface area contributed by atoms with E-state index in [-0.39, 0.29) is 24.9 Å². The van der Waals surface area contributed by atoms with Gasteiger partial charge in [-0.05, 0) is 60.4 Å². The number of sulfonamides is 1. The zero-order valence-electron chi connectivity index (χ0n) is 22.2. The van der Waals surface area contributed by atoms with Crippen LogP contribution in [0.4, 0.5) is 17.6 Å². The van der Waals surface area contributed by atoms with E-state index in [4.69, 9.17) is 0 Å². The number of rotatable bonds is 7. The van der Waals surface area contributed by atoms with Crippen molar-refractivity contribution in [1.82, 2.24) is 34.0 Å². The van der Waals surface area contributed by atoms with Gasteiger partial charge in [0.2, 0.25) is 5.03 Å². The van der Waals surface area contributed by atoms with Gasteiger partial charge in [-0.25, -0.2) is 17.5 Å². The summed E-state index contributed by atoms with van der Waals surface area (Å²) in [4.78, 5) is 2.58. The van der Waals surface area contributed by atoms with Crippen LogP contribution >= 0.6 is 0 Å². The van der Waals surface area contributed by atoms with Crippen molar-refractivity contribution in [1.29, 1.82) is 0 Å². The Labute approximate surface area is 229 Å². The number of alkyl halides is 3. The van der Waals surface area contributed by atoms with Crippen molar-refractivity contribution < 1.29 is 26.0 Å². The maximum Gasteiger partial charge on any atom is 0.409 e. The summed E-state index contributed by atoms with van der Waals surface area (Å²) in [6, 6.07) is 9.68. The molecule has 0 spiro atoms. The Morgan fingerprint density at radius 2 is 1.77 bits per heavy atom. The molecule has 1 aliphatic rings. The van der Waals surface area contributed by atoms with Gasteiger partial charge in [-0.3, -0.25) is 4.90 Å². The van der Waals surface area contributed by atoms with Crippen LogP contribution in [0.15, 0.2) is 53.8 Å². The summed E-state index contributed by atoms with van der Waals surface area (Å²) < 4.78 is 81.6. The fourth-order valence-corrected chi connectivity index (χ4v) is 6.41. The Morgan fingerprint density at radius 3 is 2.45 bits per heavy atom. The van der Waals surface area contributed by atoms with Gasteiger partial charge in [-0.1, -0.05) is 13.8 Å². The molecule has 1 atom stereocenters. The molecular formula is C26H29F4N7O2S. The topological polar surface area (TPSA) is 89.2 Å². The first-order chi connectivity index (χ1) is 18.8. The molecule has 1 aliphatic heterocycles. The Morgan fingerprint density at radius 1 is 1.05 bits per heavy atom. The highest BCUT2D eigenvalue weighted by Crippen LogP contribution is 2.34. The molecule has 14 heteroatoms. The van der Waals surface area contributed by atoms with Crippen molar-refractivity contribution >= 4 is 20.9 Å². The van der Waals surface area contributed by atoms with E-state index in [1.807, 2.05) is 19.1 Å². The highest BCUT2D eigenvalue weighted by Gasteiger charge is 2.38. The molecule has 0 bridgehead atoms. The number of hydrogen-bond acceptors (Lipinski definition) is 6. The van der Waals surface area contributed by atoms with Gasteiger partial charge < -0.3 is 0 Å². The van der Waals surface area contributed by atoms with E-state index in [2.05, 4.69) is 34.0 Å². The van der Waals surface area contributed by atoms with Crippen molar-refractivity contribution in [2.45, 2.75) is 44.6 Å². The molecule has 3 heterocycles. The molecule has 1 saturated heterocycles. The molecular weight excluding hydrogens is 550 g/mol. The highest BCUT2D eigenvalue weighted by molar-refractivity contribution is 7.89. The molecule has 9 nitrogen and oxygen atoms in total. The first-order valence-electron chi connectivity index (χ1n) is 12.8. The van der Waals surface area contributed by atoms with Gasteiger partial charge in [-0.15, -0.1) is 5.10 Å². The van der Waals surface area contributed by atoms with E-state index in [1.54, 1.807) is 23.0 Å². The quantitative estimate of drug-likeness (QED) is 0.303. The van der Waals surface area contributed by atoms with Crippen molar-refractivity contribution in [3.63, 3.8) is 0 Å². The number of benzene rings is 2. The highest BCUT2D eigenvalue weighted by atomic mass is 32.2. The second-order valence-electron chi connectivity index (χ2n) is 10.4. The lowest BCUT2D eigenvalue weighted by molar-refractivity contribution is -0.145. The van der Waals surface area contributed by atoms with Crippen LogP contribution in [0.1, 0.15) is 31.0 Å². The summed E-state index contributed by atoms with van der Waals surface area (Å²) in [5, 5.41) is 11.9. The molecule has 0 N–H and O–H groups in total. The molecule has 2 aromatic heterocycles. The summed E-state index contributed by atoms with van der Waals surface area (Å²) in [5.41, 5.74) is 3.38. The molecule has 0 amide bonds.